The van der Waals surface area contributed by atoms with E-state index in [1.165, 1.54) is 32.1 Å². The average molecular weight is 507 g/mol. The van der Waals surface area contributed by atoms with Crippen LogP contribution >= 0.6 is 0 Å². The van der Waals surface area contributed by atoms with Crippen molar-refractivity contribution in [2.24, 2.45) is 46.3 Å². The standard InChI is InChI=1S/C34H50O3/c1-22(2)11-16-31(35)23(3)28-14-15-29-27-13-12-25-21-26(37-32(36)24-9-7-6-8-10-24)17-19-33(25,4)30(27)18-20-34(28,29)5/h6-10,12,22-23,26-31,35H,11,13-21H2,1-5H3/t23-,26-,27-,28+,29-,30-,31-,33-,34+/m0/s1. The molecule has 0 bridgehead atoms. The molecule has 3 fully saturated rings. The minimum atomic E-state index is -0.182. The minimum Gasteiger partial charge on any atom is -0.458 e. The normalized spacial score (nSPS) is 38.7. The average Bonchev–Trinajstić information content (AvgIpc) is 3.24. The Labute approximate surface area is 225 Å². The monoisotopic (exact) mass is 506 g/mol. The molecule has 4 aliphatic carbocycles. The number of benzene rings is 1. The maximum absolute atomic E-state index is 12.7. The lowest BCUT2D eigenvalue weighted by Crippen LogP contribution is -2.51. The van der Waals surface area contributed by atoms with Crippen molar-refractivity contribution in [3.05, 3.63) is 47.5 Å². The van der Waals surface area contributed by atoms with Crippen LogP contribution < -0.4 is 0 Å². The summed E-state index contributed by atoms with van der Waals surface area (Å²) in [6, 6.07) is 9.42. The van der Waals surface area contributed by atoms with Crippen LogP contribution in [0, 0.1) is 46.3 Å². The third-order valence-corrected chi connectivity index (χ3v) is 11.7. The fraction of sp³-hybridized carbons (Fsp3) is 0.735. The number of fused-ring (bicyclic) bond motifs is 5. The number of hydrogen-bond acceptors (Lipinski definition) is 3. The van der Waals surface area contributed by atoms with Gasteiger partial charge in [-0.15, -0.1) is 0 Å². The van der Waals surface area contributed by atoms with E-state index in [0.29, 0.717) is 28.7 Å². The van der Waals surface area contributed by atoms with Crippen molar-refractivity contribution < 1.29 is 14.6 Å². The van der Waals surface area contributed by atoms with Crippen LogP contribution in [0.1, 0.15) is 109 Å². The highest BCUT2D eigenvalue weighted by Gasteiger charge is 2.59. The van der Waals surface area contributed by atoms with Crippen molar-refractivity contribution in [3.8, 4) is 0 Å². The van der Waals surface area contributed by atoms with Crippen LogP contribution in [0.25, 0.3) is 0 Å². The molecule has 1 N–H and O–H groups in total. The predicted octanol–water partition coefficient (Wildman–Crippen LogP) is 8.22. The van der Waals surface area contributed by atoms with E-state index in [1.807, 2.05) is 30.3 Å². The third kappa shape index (κ3) is 4.95. The number of hydrogen-bond donors (Lipinski definition) is 1. The molecule has 4 aliphatic rings. The van der Waals surface area contributed by atoms with Gasteiger partial charge in [-0.3, -0.25) is 0 Å². The fourth-order valence-corrected chi connectivity index (χ4v) is 9.46. The van der Waals surface area contributed by atoms with E-state index >= 15 is 0 Å². The first-order valence-electron chi connectivity index (χ1n) is 15.3. The summed E-state index contributed by atoms with van der Waals surface area (Å²) in [5.41, 5.74) is 2.82. The molecular formula is C34H50O3. The van der Waals surface area contributed by atoms with Crippen LogP contribution in [0.3, 0.4) is 0 Å². The topological polar surface area (TPSA) is 46.5 Å². The number of ether oxygens (including phenoxy) is 1. The maximum Gasteiger partial charge on any atom is 0.338 e. The molecule has 3 nitrogen and oxygen atoms in total. The van der Waals surface area contributed by atoms with Gasteiger partial charge in [0.05, 0.1) is 11.7 Å². The zero-order valence-corrected chi connectivity index (χ0v) is 23.9. The number of carbonyl (C=O) groups is 1. The molecule has 0 saturated heterocycles. The Kier molecular flexibility index (Phi) is 7.66. The largest absolute Gasteiger partial charge is 0.458 e. The summed E-state index contributed by atoms with van der Waals surface area (Å²) in [7, 11) is 0. The summed E-state index contributed by atoms with van der Waals surface area (Å²) in [6.07, 6.45) is 13.9. The Balaban J connectivity index is 1.27. The van der Waals surface area contributed by atoms with Gasteiger partial charge in [-0.2, -0.15) is 0 Å². The molecule has 0 amide bonds. The Bertz CT molecular complexity index is 982. The van der Waals surface area contributed by atoms with Gasteiger partial charge in [0.25, 0.3) is 0 Å². The second-order valence-electron chi connectivity index (χ2n) is 14.0. The zero-order chi connectivity index (χ0) is 26.4. The second kappa shape index (κ2) is 10.5. The Morgan fingerprint density at radius 2 is 1.76 bits per heavy atom. The highest BCUT2D eigenvalue weighted by molar-refractivity contribution is 5.89. The number of aliphatic hydroxyl groups excluding tert-OH is 1. The van der Waals surface area contributed by atoms with Crippen LogP contribution in [0.2, 0.25) is 0 Å². The molecule has 5 rings (SSSR count). The van der Waals surface area contributed by atoms with Crippen LogP contribution in [0.4, 0.5) is 0 Å². The van der Waals surface area contributed by atoms with Crippen LogP contribution in [-0.4, -0.2) is 23.3 Å². The molecule has 0 radical (unpaired) electrons. The van der Waals surface area contributed by atoms with E-state index in [0.717, 1.165) is 49.9 Å². The lowest BCUT2D eigenvalue weighted by molar-refractivity contribution is -0.0694. The molecule has 0 aromatic heterocycles. The third-order valence-electron chi connectivity index (χ3n) is 11.7. The number of aliphatic hydroxyl groups is 1. The van der Waals surface area contributed by atoms with Crippen molar-refractivity contribution in [1.29, 1.82) is 0 Å². The van der Waals surface area contributed by atoms with Gasteiger partial charge >= 0.3 is 5.97 Å². The summed E-state index contributed by atoms with van der Waals surface area (Å²) in [5.74, 6) is 3.80. The molecule has 1 aromatic carbocycles. The summed E-state index contributed by atoms with van der Waals surface area (Å²) in [6.45, 7) is 12.0. The second-order valence-corrected chi connectivity index (χ2v) is 14.0. The Hall–Kier alpha value is -1.61. The van der Waals surface area contributed by atoms with Gasteiger partial charge in [0, 0.05) is 6.42 Å². The molecule has 204 valence electrons. The number of rotatable bonds is 7. The molecule has 3 heteroatoms. The molecule has 0 heterocycles. The number of esters is 1. The smallest absolute Gasteiger partial charge is 0.338 e. The van der Waals surface area contributed by atoms with Crippen molar-refractivity contribution in [3.63, 3.8) is 0 Å². The Morgan fingerprint density at radius 1 is 1.00 bits per heavy atom. The highest BCUT2D eigenvalue weighted by Crippen LogP contribution is 2.67. The van der Waals surface area contributed by atoms with E-state index < -0.39 is 0 Å². The lowest BCUT2D eigenvalue weighted by atomic mass is 9.47. The molecular weight excluding hydrogens is 456 g/mol. The molecule has 0 spiro atoms. The van der Waals surface area contributed by atoms with Crippen molar-refractivity contribution in [1.82, 2.24) is 0 Å². The lowest BCUT2D eigenvalue weighted by Gasteiger charge is -2.58. The molecule has 37 heavy (non-hydrogen) atoms. The Morgan fingerprint density at radius 3 is 2.49 bits per heavy atom. The van der Waals surface area contributed by atoms with Crippen LogP contribution in [0.5, 0.6) is 0 Å². The first kappa shape index (κ1) is 27.0. The van der Waals surface area contributed by atoms with Crippen LogP contribution in [0.15, 0.2) is 42.0 Å². The summed E-state index contributed by atoms with van der Waals surface area (Å²) in [4.78, 5) is 12.7. The maximum atomic E-state index is 12.7. The van der Waals surface area contributed by atoms with Crippen LogP contribution in [-0.2, 0) is 4.74 Å². The highest BCUT2D eigenvalue weighted by atomic mass is 16.5. The van der Waals surface area contributed by atoms with E-state index in [9.17, 15) is 9.90 Å². The summed E-state index contributed by atoms with van der Waals surface area (Å²) < 4.78 is 5.99. The first-order valence-corrected chi connectivity index (χ1v) is 15.3. The van der Waals surface area contributed by atoms with Gasteiger partial charge in [-0.1, -0.05) is 64.5 Å². The van der Waals surface area contributed by atoms with Gasteiger partial charge in [-0.25, -0.2) is 4.79 Å². The van der Waals surface area contributed by atoms with Crippen molar-refractivity contribution >= 4 is 5.97 Å². The predicted molar refractivity (Wildman–Crippen MR) is 150 cm³/mol. The first-order chi connectivity index (χ1) is 17.6. The quantitative estimate of drug-likeness (QED) is 0.299. The SMILES string of the molecule is CC(C)CC[C@H](O)[C@@H](C)[C@H]1CC[C@H]2[C@@H]3CC=C4C[C@@H](OC(=O)c5ccccc5)CC[C@]4(C)[C@H]3CC[C@]12C. The molecule has 9 atom stereocenters. The van der Waals surface area contributed by atoms with Gasteiger partial charge in [0.1, 0.15) is 6.10 Å². The van der Waals surface area contributed by atoms with Crippen molar-refractivity contribution in [2.75, 3.05) is 0 Å². The molecule has 0 aliphatic heterocycles. The van der Waals surface area contributed by atoms with Gasteiger partial charge in [0.15, 0.2) is 0 Å². The van der Waals surface area contributed by atoms with E-state index in [4.69, 9.17) is 4.74 Å². The fourth-order valence-electron chi connectivity index (χ4n) is 9.46. The molecule has 1 aromatic rings. The summed E-state index contributed by atoms with van der Waals surface area (Å²) in [5, 5.41) is 11.1. The van der Waals surface area contributed by atoms with E-state index in [1.54, 1.807) is 5.57 Å². The van der Waals surface area contributed by atoms with Gasteiger partial charge < -0.3 is 9.84 Å². The van der Waals surface area contributed by atoms with Gasteiger partial charge in [-0.05, 0) is 116 Å². The van der Waals surface area contributed by atoms with Crippen molar-refractivity contribution in [2.45, 2.75) is 111 Å². The number of allylic oxidation sites excluding steroid dienone is 1. The molecule has 0 unspecified atom stereocenters. The van der Waals surface area contributed by atoms with E-state index in [-0.39, 0.29) is 23.6 Å². The van der Waals surface area contributed by atoms with E-state index in [2.05, 4.69) is 40.7 Å². The zero-order valence-electron chi connectivity index (χ0n) is 23.9. The minimum absolute atomic E-state index is 0.00137. The molecule has 3 saturated carbocycles. The van der Waals surface area contributed by atoms with Gasteiger partial charge in [0.2, 0.25) is 0 Å². The summed E-state index contributed by atoms with van der Waals surface area (Å²) >= 11 is 0. The number of carbonyl (C=O) groups excluding carboxylic acids is 1.